The van der Waals surface area contributed by atoms with Gasteiger partial charge in [-0.3, -0.25) is 9.59 Å². The molecule has 0 spiro atoms. The van der Waals surface area contributed by atoms with Gasteiger partial charge in [0.1, 0.15) is 10.7 Å². The van der Waals surface area contributed by atoms with Crippen LogP contribution in [0.5, 0.6) is 0 Å². The highest BCUT2D eigenvalue weighted by molar-refractivity contribution is 6.53. The number of benzene rings is 2. The van der Waals surface area contributed by atoms with Crippen molar-refractivity contribution in [1.29, 1.82) is 0 Å². The van der Waals surface area contributed by atoms with Gasteiger partial charge in [0.25, 0.3) is 11.8 Å². The lowest BCUT2D eigenvalue weighted by atomic mass is 10.1. The Labute approximate surface area is 171 Å². The monoisotopic (exact) mass is 443 g/mol. The number of amides is 2. The number of halogens is 5. The minimum atomic E-state index is -4.74. The van der Waals surface area contributed by atoms with Crippen molar-refractivity contribution >= 4 is 52.4 Å². The number of rotatable bonds is 4. The van der Waals surface area contributed by atoms with Gasteiger partial charge in [0, 0.05) is 11.3 Å². The summed E-state index contributed by atoms with van der Waals surface area (Å²) in [6, 6.07) is 7.47. The summed E-state index contributed by atoms with van der Waals surface area (Å²) in [7, 11) is 0. The van der Waals surface area contributed by atoms with E-state index in [4.69, 9.17) is 23.2 Å². The number of carbonyl (C=O) groups excluding carboxylic acids is 3. The molecule has 1 heterocycles. The van der Waals surface area contributed by atoms with Gasteiger partial charge < -0.3 is 15.2 Å². The number of hydrogen-bond acceptors (Lipinski definition) is 5. The van der Waals surface area contributed by atoms with Crippen LogP contribution < -0.4 is 15.3 Å². The topological polar surface area (TPSA) is 89.5 Å². The van der Waals surface area contributed by atoms with Crippen LogP contribution in [0, 0.1) is 0 Å². The maximum absolute atomic E-state index is 13.0. The number of alkyl halides is 3. The number of para-hydroxylation sites is 1. The van der Waals surface area contributed by atoms with Gasteiger partial charge >= 0.3 is 6.18 Å². The number of hydrogen-bond donors (Lipinski definition) is 1. The molecule has 0 bridgehead atoms. The first-order valence-corrected chi connectivity index (χ1v) is 8.50. The van der Waals surface area contributed by atoms with E-state index >= 15 is 0 Å². The Balaban J connectivity index is 2.02. The Hall–Kier alpha value is -3.04. The summed E-state index contributed by atoms with van der Waals surface area (Å²) in [5.74, 6) is -3.78. The summed E-state index contributed by atoms with van der Waals surface area (Å²) in [5, 5.41) is 12.7. The summed E-state index contributed by atoms with van der Waals surface area (Å²) < 4.78 is 39.0. The summed E-state index contributed by atoms with van der Waals surface area (Å²) in [6.07, 6.45) is -4.74. The van der Waals surface area contributed by atoms with Crippen LogP contribution in [0.25, 0.3) is 0 Å². The molecule has 11 heteroatoms. The molecular weight excluding hydrogens is 436 g/mol. The van der Waals surface area contributed by atoms with E-state index in [0.717, 1.165) is 6.07 Å². The van der Waals surface area contributed by atoms with Crippen LogP contribution >= 0.6 is 23.2 Å². The Kier molecular flexibility index (Phi) is 5.29. The normalized spacial score (nSPS) is 14.6. The second-order valence-electron chi connectivity index (χ2n) is 5.76. The first-order chi connectivity index (χ1) is 13.5. The Bertz CT molecular complexity index is 1080. The van der Waals surface area contributed by atoms with Crippen molar-refractivity contribution in [3.63, 3.8) is 0 Å². The molecule has 2 aromatic rings. The third kappa shape index (κ3) is 3.79. The third-order valence-corrected chi connectivity index (χ3v) is 4.62. The molecule has 6 nitrogen and oxygen atoms in total. The predicted octanol–water partition coefficient (Wildman–Crippen LogP) is 3.16. The lowest BCUT2D eigenvalue weighted by Gasteiger charge is -2.19. The summed E-state index contributed by atoms with van der Waals surface area (Å²) in [5.41, 5.74) is -2.57. The van der Waals surface area contributed by atoms with E-state index in [2.05, 4.69) is 5.32 Å². The average molecular weight is 444 g/mol. The maximum Gasteiger partial charge on any atom is 0.416 e. The number of nitrogens with zero attached hydrogens (tertiary/aromatic N) is 1. The molecule has 0 saturated carbocycles. The molecule has 3 rings (SSSR count). The van der Waals surface area contributed by atoms with Gasteiger partial charge in [-0.1, -0.05) is 41.4 Å². The number of carboxylic acid groups (broad SMARTS) is 1. The second-order valence-corrected chi connectivity index (χ2v) is 6.54. The number of aromatic carboxylic acids is 1. The van der Waals surface area contributed by atoms with Gasteiger partial charge in [-0.2, -0.15) is 13.2 Å². The number of nitrogens with one attached hydrogen (secondary N) is 1. The van der Waals surface area contributed by atoms with Crippen molar-refractivity contribution in [3.05, 3.63) is 69.3 Å². The van der Waals surface area contributed by atoms with Gasteiger partial charge in [-0.25, -0.2) is 4.90 Å². The Morgan fingerprint density at radius 2 is 1.69 bits per heavy atom. The minimum absolute atomic E-state index is 0.0983. The van der Waals surface area contributed by atoms with Crippen LogP contribution in [0.4, 0.5) is 24.5 Å². The largest absolute Gasteiger partial charge is 0.545 e. The van der Waals surface area contributed by atoms with Crippen molar-refractivity contribution < 1.29 is 32.7 Å². The van der Waals surface area contributed by atoms with Gasteiger partial charge in [-0.15, -0.1) is 0 Å². The molecule has 29 heavy (non-hydrogen) atoms. The van der Waals surface area contributed by atoms with Gasteiger partial charge in [0.05, 0.1) is 22.2 Å². The molecule has 1 N–H and O–H groups in total. The molecule has 0 saturated heterocycles. The van der Waals surface area contributed by atoms with E-state index in [9.17, 15) is 32.7 Å². The molecule has 0 fully saturated rings. The van der Waals surface area contributed by atoms with Crippen molar-refractivity contribution in [3.8, 4) is 0 Å². The van der Waals surface area contributed by atoms with Crippen molar-refractivity contribution in [2.24, 2.45) is 0 Å². The van der Waals surface area contributed by atoms with Gasteiger partial charge in [0.2, 0.25) is 0 Å². The zero-order chi connectivity index (χ0) is 21.5. The molecule has 0 aromatic heterocycles. The molecule has 0 aliphatic carbocycles. The van der Waals surface area contributed by atoms with Crippen LogP contribution in [0.3, 0.4) is 0 Å². The lowest BCUT2D eigenvalue weighted by molar-refractivity contribution is -0.254. The van der Waals surface area contributed by atoms with E-state index in [-0.39, 0.29) is 16.3 Å². The standard InChI is InChI=1S/C18H9Cl2F3N2O4/c19-10-6-5-8(18(21,22)23)7-12(10)25-15(26)13(20)14(16(25)27)24-11-4-2-1-3-9(11)17(28)29/h1-7,24H,(H,28,29)/p-1. The molecule has 2 amide bonds. The van der Waals surface area contributed by atoms with Crippen molar-refractivity contribution in [1.82, 2.24) is 0 Å². The fourth-order valence-electron chi connectivity index (χ4n) is 2.60. The van der Waals surface area contributed by atoms with Crippen LogP contribution in [0.2, 0.25) is 5.02 Å². The van der Waals surface area contributed by atoms with E-state index in [1.807, 2.05) is 0 Å². The highest BCUT2D eigenvalue weighted by Crippen LogP contribution is 2.38. The number of imide groups is 1. The molecule has 1 aliphatic heterocycles. The Morgan fingerprint density at radius 3 is 2.31 bits per heavy atom. The van der Waals surface area contributed by atoms with E-state index in [0.29, 0.717) is 17.0 Å². The van der Waals surface area contributed by atoms with E-state index in [1.165, 1.54) is 24.3 Å². The van der Waals surface area contributed by atoms with Crippen molar-refractivity contribution in [2.45, 2.75) is 6.18 Å². The quantitative estimate of drug-likeness (QED) is 0.733. The second kappa shape index (κ2) is 7.41. The van der Waals surface area contributed by atoms with Gasteiger partial charge in [0.15, 0.2) is 0 Å². The molecular formula is C18H8Cl2F3N2O4-. The molecule has 150 valence electrons. The van der Waals surface area contributed by atoms with Gasteiger partial charge in [-0.05, 0) is 24.3 Å². The van der Waals surface area contributed by atoms with E-state index in [1.54, 1.807) is 0 Å². The zero-order valence-electron chi connectivity index (χ0n) is 14.0. The zero-order valence-corrected chi connectivity index (χ0v) is 15.5. The van der Waals surface area contributed by atoms with E-state index < -0.39 is 45.9 Å². The highest BCUT2D eigenvalue weighted by Gasteiger charge is 2.41. The van der Waals surface area contributed by atoms with Crippen molar-refractivity contribution in [2.75, 3.05) is 10.2 Å². The SMILES string of the molecule is O=C([O-])c1ccccc1NC1=C(Cl)C(=O)N(c2cc(C(F)(F)F)ccc2Cl)C1=O. The smallest absolute Gasteiger partial charge is 0.416 e. The first-order valence-electron chi connectivity index (χ1n) is 7.75. The van der Waals surface area contributed by atoms with Crippen LogP contribution in [-0.4, -0.2) is 17.8 Å². The Morgan fingerprint density at radius 1 is 1.03 bits per heavy atom. The average Bonchev–Trinajstić information content (AvgIpc) is 2.85. The van der Waals surface area contributed by atoms with Crippen LogP contribution in [0.15, 0.2) is 53.2 Å². The summed E-state index contributed by atoms with van der Waals surface area (Å²) in [4.78, 5) is 36.8. The summed E-state index contributed by atoms with van der Waals surface area (Å²) in [6.45, 7) is 0. The number of carbonyl (C=O) groups is 3. The maximum atomic E-state index is 13.0. The van der Waals surface area contributed by atoms with Crippen LogP contribution in [0.1, 0.15) is 15.9 Å². The predicted molar refractivity (Wildman–Crippen MR) is 96.2 cm³/mol. The number of anilines is 2. The third-order valence-electron chi connectivity index (χ3n) is 3.95. The van der Waals surface area contributed by atoms with Crippen LogP contribution in [-0.2, 0) is 15.8 Å². The molecule has 0 unspecified atom stereocenters. The fourth-order valence-corrected chi connectivity index (χ4v) is 3.01. The molecule has 0 atom stereocenters. The first kappa shape index (κ1) is 20.7. The lowest BCUT2D eigenvalue weighted by Crippen LogP contribution is -2.33. The number of carboxylic acids is 1. The minimum Gasteiger partial charge on any atom is -0.545 e. The fraction of sp³-hybridized carbons (Fsp3) is 0.0556. The molecule has 2 aromatic carbocycles. The highest BCUT2D eigenvalue weighted by atomic mass is 35.5. The molecule has 1 aliphatic rings. The summed E-state index contributed by atoms with van der Waals surface area (Å²) >= 11 is 11.8. The molecule has 0 radical (unpaired) electrons.